The maximum absolute atomic E-state index is 11.7. The van der Waals surface area contributed by atoms with Gasteiger partial charge in [-0.25, -0.2) is 8.42 Å². The maximum atomic E-state index is 11.7. The summed E-state index contributed by atoms with van der Waals surface area (Å²) in [5, 5.41) is 14.8. The molecule has 0 saturated heterocycles. The van der Waals surface area contributed by atoms with Crippen LogP contribution in [-0.4, -0.2) is 24.2 Å². The number of hydrogen-bond acceptors (Lipinski definition) is 4. The molecule has 0 saturated carbocycles. The monoisotopic (exact) mass is 228 g/mol. The van der Waals surface area contributed by atoms with Crippen molar-refractivity contribution in [3.8, 4) is 6.07 Å². The molecule has 0 radical (unpaired) electrons. The number of sulfonamides is 1. The molecule has 6 nitrogen and oxygen atoms in total. The number of hydrogen-bond donors (Lipinski definition) is 2. The van der Waals surface area contributed by atoms with Gasteiger partial charge in [-0.3, -0.25) is 5.10 Å². The Morgan fingerprint density at radius 2 is 2.40 bits per heavy atom. The molecule has 15 heavy (non-hydrogen) atoms. The average Bonchev–Trinajstić information content (AvgIpc) is 2.70. The second-order valence-electron chi connectivity index (χ2n) is 3.34. The van der Waals surface area contributed by atoms with Crippen LogP contribution in [0, 0.1) is 11.3 Å². The zero-order valence-electron chi connectivity index (χ0n) is 8.48. The first-order valence-corrected chi connectivity index (χ1v) is 5.86. The molecule has 82 valence electrons. The van der Waals surface area contributed by atoms with E-state index in [4.69, 9.17) is 5.26 Å². The Balaban J connectivity index is 2.97. The predicted molar refractivity (Wildman–Crippen MR) is 53.2 cm³/mol. The number of nitrogens with one attached hydrogen (secondary N) is 2. The highest BCUT2D eigenvalue weighted by atomic mass is 32.2. The van der Waals surface area contributed by atoms with Crippen LogP contribution < -0.4 is 4.72 Å². The molecule has 0 spiro atoms. The summed E-state index contributed by atoms with van der Waals surface area (Å²) in [6.45, 7) is 3.27. The molecule has 1 atom stereocenters. The van der Waals surface area contributed by atoms with Gasteiger partial charge in [0.15, 0.2) is 0 Å². The van der Waals surface area contributed by atoms with E-state index < -0.39 is 15.6 Å². The van der Waals surface area contributed by atoms with Crippen LogP contribution in [0.15, 0.2) is 17.3 Å². The van der Waals surface area contributed by atoms with Gasteiger partial charge in [0.2, 0.25) is 10.0 Å². The third-order valence-corrected chi connectivity index (χ3v) is 3.66. The summed E-state index contributed by atoms with van der Waals surface area (Å²) in [5.41, 5.74) is -1.09. The molecular weight excluding hydrogens is 216 g/mol. The molecule has 2 N–H and O–H groups in total. The van der Waals surface area contributed by atoms with Gasteiger partial charge in [-0.05, 0) is 13.3 Å². The smallest absolute Gasteiger partial charge is 0.245 e. The van der Waals surface area contributed by atoms with E-state index in [-0.39, 0.29) is 4.90 Å². The normalized spacial score (nSPS) is 15.5. The van der Waals surface area contributed by atoms with Gasteiger partial charge in [0.1, 0.15) is 10.4 Å². The summed E-state index contributed by atoms with van der Waals surface area (Å²) in [6.07, 6.45) is 2.84. The van der Waals surface area contributed by atoms with Gasteiger partial charge < -0.3 is 0 Å². The highest BCUT2D eigenvalue weighted by Crippen LogP contribution is 2.13. The van der Waals surface area contributed by atoms with Crippen molar-refractivity contribution in [2.75, 3.05) is 0 Å². The van der Waals surface area contributed by atoms with Gasteiger partial charge in [0, 0.05) is 6.20 Å². The van der Waals surface area contributed by atoms with E-state index in [1.807, 2.05) is 6.07 Å². The second kappa shape index (κ2) is 4.00. The van der Waals surface area contributed by atoms with Crippen LogP contribution in [-0.2, 0) is 10.0 Å². The lowest BCUT2D eigenvalue weighted by molar-refractivity contribution is 0.495. The van der Waals surface area contributed by atoms with E-state index in [0.29, 0.717) is 6.42 Å². The maximum Gasteiger partial charge on any atom is 0.245 e. The van der Waals surface area contributed by atoms with Crippen LogP contribution in [0.3, 0.4) is 0 Å². The van der Waals surface area contributed by atoms with Crippen LogP contribution in [0.25, 0.3) is 0 Å². The number of aromatic nitrogens is 2. The topological polar surface area (TPSA) is 98.6 Å². The SMILES string of the molecule is CCC(C)(C#N)NS(=O)(=O)c1cn[nH]c1. The molecular formula is C8H12N4O2S. The Hall–Kier alpha value is -1.39. The highest BCUT2D eigenvalue weighted by molar-refractivity contribution is 7.89. The summed E-state index contributed by atoms with van der Waals surface area (Å²) in [7, 11) is -3.67. The number of aromatic amines is 1. The molecule has 0 aliphatic heterocycles. The van der Waals surface area contributed by atoms with E-state index >= 15 is 0 Å². The van der Waals surface area contributed by atoms with Gasteiger partial charge in [-0.2, -0.15) is 15.1 Å². The molecule has 0 bridgehead atoms. The largest absolute Gasteiger partial charge is 0.284 e. The first kappa shape index (κ1) is 11.7. The quantitative estimate of drug-likeness (QED) is 0.778. The van der Waals surface area contributed by atoms with Crippen LogP contribution in [0.5, 0.6) is 0 Å². The fraction of sp³-hybridized carbons (Fsp3) is 0.500. The lowest BCUT2D eigenvalue weighted by atomic mass is 10.0. The zero-order chi connectivity index (χ0) is 11.5. The van der Waals surface area contributed by atoms with Crippen LogP contribution >= 0.6 is 0 Å². The minimum atomic E-state index is -3.67. The average molecular weight is 228 g/mol. The molecule has 1 heterocycles. The van der Waals surface area contributed by atoms with Crippen molar-refractivity contribution in [2.24, 2.45) is 0 Å². The lowest BCUT2D eigenvalue weighted by Crippen LogP contribution is -2.44. The number of rotatable bonds is 4. The molecule has 0 aliphatic rings. The first-order valence-electron chi connectivity index (χ1n) is 4.37. The molecule has 1 unspecified atom stereocenters. The Kier molecular flexibility index (Phi) is 3.12. The van der Waals surface area contributed by atoms with E-state index in [9.17, 15) is 8.42 Å². The van der Waals surface area contributed by atoms with Gasteiger partial charge in [-0.15, -0.1) is 0 Å². The summed E-state index contributed by atoms with van der Waals surface area (Å²) in [6, 6.07) is 1.93. The number of nitriles is 1. The first-order chi connectivity index (χ1) is 6.93. The predicted octanol–water partition coefficient (Wildman–Crippen LogP) is 0.380. The minimum absolute atomic E-state index is 0.0254. The van der Waals surface area contributed by atoms with E-state index in [1.54, 1.807) is 6.92 Å². The van der Waals surface area contributed by atoms with E-state index in [0.717, 1.165) is 0 Å². The number of H-pyrrole nitrogens is 1. The molecule has 1 aromatic heterocycles. The summed E-state index contributed by atoms with van der Waals surface area (Å²) in [5.74, 6) is 0. The fourth-order valence-corrected chi connectivity index (χ4v) is 2.22. The Morgan fingerprint density at radius 3 is 2.80 bits per heavy atom. The standard InChI is InChI=1S/C8H12N4O2S/c1-3-8(2,6-9)12-15(13,14)7-4-10-11-5-7/h4-5,12H,3H2,1-2H3,(H,10,11). The third-order valence-electron chi connectivity index (χ3n) is 2.10. The van der Waals surface area contributed by atoms with Gasteiger partial charge >= 0.3 is 0 Å². The van der Waals surface area contributed by atoms with Gasteiger partial charge in [0.25, 0.3) is 0 Å². The summed E-state index contributed by atoms with van der Waals surface area (Å²) >= 11 is 0. The zero-order valence-corrected chi connectivity index (χ0v) is 9.30. The van der Waals surface area contributed by atoms with Crippen molar-refractivity contribution in [1.29, 1.82) is 5.26 Å². The van der Waals surface area contributed by atoms with Crippen molar-refractivity contribution in [3.05, 3.63) is 12.4 Å². The van der Waals surface area contributed by atoms with Crippen molar-refractivity contribution >= 4 is 10.0 Å². The molecule has 1 rings (SSSR count). The third kappa shape index (κ3) is 2.55. The second-order valence-corrected chi connectivity index (χ2v) is 5.02. The van der Waals surface area contributed by atoms with E-state index in [2.05, 4.69) is 14.9 Å². The van der Waals surface area contributed by atoms with Crippen molar-refractivity contribution in [1.82, 2.24) is 14.9 Å². The Labute approximate surface area is 88.4 Å². The molecule has 7 heteroatoms. The van der Waals surface area contributed by atoms with Crippen molar-refractivity contribution in [2.45, 2.75) is 30.7 Å². The minimum Gasteiger partial charge on any atom is -0.284 e. The Bertz CT molecular complexity index is 459. The lowest BCUT2D eigenvalue weighted by Gasteiger charge is -2.20. The molecule has 0 aliphatic carbocycles. The van der Waals surface area contributed by atoms with E-state index in [1.165, 1.54) is 19.3 Å². The molecule has 0 aromatic carbocycles. The van der Waals surface area contributed by atoms with Gasteiger partial charge in [0.05, 0.1) is 12.3 Å². The Morgan fingerprint density at radius 1 is 1.73 bits per heavy atom. The van der Waals surface area contributed by atoms with Crippen LogP contribution in [0.4, 0.5) is 0 Å². The van der Waals surface area contributed by atoms with Crippen LogP contribution in [0.2, 0.25) is 0 Å². The highest BCUT2D eigenvalue weighted by Gasteiger charge is 2.29. The van der Waals surface area contributed by atoms with Crippen molar-refractivity contribution in [3.63, 3.8) is 0 Å². The molecule has 0 amide bonds. The summed E-state index contributed by atoms with van der Waals surface area (Å²) < 4.78 is 25.7. The summed E-state index contributed by atoms with van der Waals surface area (Å²) in [4.78, 5) is 0.0254. The van der Waals surface area contributed by atoms with Crippen LogP contribution in [0.1, 0.15) is 20.3 Å². The molecule has 1 aromatic rings. The fourth-order valence-electron chi connectivity index (χ4n) is 0.916. The van der Waals surface area contributed by atoms with Gasteiger partial charge in [-0.1, -0.05) is 6.92 Å². The number of nitrogens with zero attached hydrogens (tertiary/aromatic N) is 2. The van der Waals surface area contributed by atoms with Crippen molar-refractivity contribution < 1.29 is 8.42 Å². The molecule has 0 fully saturated rings.